The van der Waals surface area contributed by atoms with E-state index in [1.54, 1.807) is 0 Å². The van der Waals surface area contributed by atoms with E-state index in [1.807, 2.05) is 6.92 Å². The number of carbonyl (C=O) groups excluding carboxylic acids is 1. The predicted octanol–water partition coefficient (Wildman–Crippen LogP) is 4.44. The third-order valence-electron chi connectivity index (χ3n) is 6.88. The molecule has 0 saturated heterocycles. The second-order valence-corrected chi connectivity index (χ2v) is 8.53. The largest absolute Gasteiger partial charge is 0.389 e. The van der Waals surface area contributed by atoms with Crippen LogP contribution in [-0.2, 0) is 4.79 Å². The van der Waals surface area contributed by atoms with Gasteiger partial charge in [-0.2, -0.15) is 0 Å². The molecular formula is C20H30O2. The molecule has 2 nitrogen and oxygen atoms in total. The highest BCUT2D eigenvalue weighted by Gasteiger charge is 2.64. The van der Waals surface area contributed by atoms with Crippen molar-refractivity contribution in [3.63, 3.8) is 0 Å². The van der Waals surface area contributed by atoms with Gasteiger partial charge in [0.05, 0.1) is 5.60 Å². The Morgan fingerprint density at radius 2 is 1.95 bits per heavy atom. The van der Waals surface area contributed by atoms with Crippen molar-refractivity contribution in [1.29, 1.82) is 0 Å². The summed E-state index contributed by atoms with van der Waals surface area (Å²) in [7, 11) is 0. The summed E-state index contributed by atoms with van der Waals surface area (Å²) in [5.74, 6) is 0.459. The van der Waals surface area contributed by atoms with E-state index in [0.717, 1.165) is 37.7 Å². The third-order valence-corrected chi connectivity index (χ3v) is 6.88. The molecule has 2 heteroatoms. The van der Waals surface area contributed by atoms with Crippen LogP contribution < -0.4 is 0 Å². The minimum absolute atomic E-state index is 0.0823. The van der Waals surface area contributed by atoms with E-state index < -0.39 is 5.60 Å². The van der Waals surface area contributed by atoms with Gasteiger partial charge in [-0.1, -0.05) is 38.0 Å². The molecule has 0 spiro atoms. The van der Waals surface area contributed by atoms with Crippen LogP contribution in [0.5, 0.6) is 0 Å². The van der Waals surface area contributed by atoms with Crippen LogP contribution in [0, 0.1) is 23.2 Å². The van der Waals surface area contributed by atoms with Crippen molar-refractivity contribution in [2.45, 2.75) is 72.3 Å². The van der Waals surface area contributed by atoms with Crippen molar-refractivity contribution in [3.05, 3.63) is 22.8 Å². The van der Waals surface area contributed by atoms with Crippen LogP contribution in [0.25, 0.3) is 0 Å². The van der Waals surface area contributed by atoms with Gasteiger partial charge < -0.3 is 5.11 Å². The Kier molecular flexibility index (Phi) is 3.67. The van der Waals surface area contributed by atoms with Crippen LogP contribution in [-0.4, -0.2) is 16.5 Å². The molecule has 0 bridgehead atoms. The number of allylic oxidation sites excluding steroid dienone is 4. The van der Waals surface area contributed by atoms with Gasteiger partial charge in [-0.15, -0.1) is 0 Å². The summed E-state index contributed by atoms with van der Waals surface area (Å²) in [6.07, 6.45) is 7.00. The van der Waals surface area contributed by atoms with E-state index in [-0.39, 0.29) is 29.0 Å². The van der Waals surface area contributed by atoms with Gasteiger partial charge in [0.15, 0.2) is 5.78 Å². The Balaban J connectivity index is 2.15. The van der Waals surface area contributed by atoms with Gasteiger partial charge in [-0.05, 0) is 62.9 Å². The molecule has 0 amide bonds. The first-order valence-electron chi connectivity index (χ1n) is 8.82. The summed E-state index contributed by atoms with van der Waals surface area (Å²) >= 11 is 0. The van der Waals surface area contributed by atoms with E-state index in [9.17, 15) is 9.90 Å². The molecule has 22 heavy (non-hydrogen) atoms. The van der Waals surface area contributed by atoms with Gasteiger partial charge in [-0.3, -0.25) is 4.79 Å². The Labute approximate surface area is 134 Å². The maximum atomic E-state index is 13.1. The number of hydrogen-bond donors (Lipinski definition) is 1. The summed E-state index contributed by atoms with van der Waals surface area (Å²) in [6, 6.07) is 0. The molecule has 3 aliphatic carbocycles. The van der Waals surface area contributed by atoms with Crippen molar-refractivity contribution in [2.24, 2.45) is 23.2 Å². The zero-order valence-corrected chi connectivity index (χ0v) is 14.7. The Bertz CT molecular complexity index is 568. The third kappa shape index (κ3) is 2.06. The molecule has 2 saturated carbocycles. The molecule has 1 unspecified atom stereocenters. The Morgan fingerprint density at radius 1 is 1.27 bits per heavy atom. The number of aliphatic hydroxyl groups is 1. The predicted molar refractivity (Wildman–Crippen MR) is 89.4 cm³/mol. The van der Waals surface area contributed by atoms with Crippen LogP contribution in [0.15, 0.2) is 22.8 Å². The number of carbonyl (C=O) groups is 1. The zero-order chi connectivity index (χ0) is 16.3. The molecule has 0 aliphatic heterocycles. The summed E-state index contributed by atoms with van der Waals surface area (Å²) < 4.78 is 0. The van der Waals surface area contributed by atoms with Crippen LogP contribution in [0.3, 0.4) is 0 Å². The van der Waals surface area contributed by atoms with E-state index in [0.29, 0.717) is 0 Å². The molecule has 0 aromatic heterocycles. The first kappa shape index (κ1) is 16.0. The highest BCUT2D eigenvalue weighted by molar-refractivity contribution is 5.99. The summed E-state index contributed by atoms with van der Waals surface area (Å²) in [4.78, 5) is 13.1. The van der Waals surface area contributed by atoms with E-state index in [2.05, 4.69) is 33.8 Å². The molecule has 122 valence electrons. The molecule has 3 rings (SSSR count). The lowest BCUT2D eigenvalue weighted by molar-refractivity contribution is -0.126. The molecule has 0 heterocycles. The van der Waals surface area contributed by atoms with E-state index in [4.69, 9.17) is 0 Å². The van der Waals surface area contributed by atoms with Gasteiger partial charge in [0.1, 0.15) is 0 Å². The summed E-state index contributed by atoms with van der Waals surface area (Å²) in [5.41, 5.74) is 3.03. The van der Waals surface area contributed by atoms with Crippen LogP contribution in [0.1, 0.15) is 66.7 Å². The maximum Gasteiger partial charge on any atom is 0.165 e. The maximum absolute atomic E-state index is 13.1. The lowest BCUT2D eigenvalue weighted by Gasteiger charge is -2.40. The minimum Gasteiger partial charge on any atom is -0.389 e. The standard InChI is InChI=1S/C20H30O2/c1-12(2)20(22)10-9-19(5)11-15-13(3)7-6-8-14(4)17(21)16(15)18(19)20/h8,12,16,18,22H,6-7,9-11H2,1-5H3/b14-8-,15-13-/t16?,18-,19-,20-/m1/s1. The highest BCUT2D eigenvalue weighted by atomic mass is 16.3. The van der Waals surface area contributed by atoms with Crippen LogP contribution >= 0.6 is 0 Å². The second kappa shape index (κ2) is 5.06. The van der Waals surface area contributed by atoms with Crippen LogP contribution in [0.2, 0.25) is 0 Å². The quantitative estimate of drug-likeness (QED) is 0.727. The average molecular weight is 302 g/mol. The number of hydrogen-bond acceptors (Lipinski definition) is 2. The first-order chi connectivity index (χ1) is 10.2. The fraction of sp³-hybridized carbons (Fsp3) is 0.750. The van der Waals surface area contributed by atoms with Crippen molar-refractivity contribution in [3.8, 4) is 0 Å². The monoisotopic (exact) mass is 302 g/mol. The second-order valence-electron chi connectivity index (χ2n) is 8.53. The van der Waals surface area contributed by atoms with Gasteiger partial charge >= 0.3 is 0 Å². The lowest BCUT2D eigenvalue weighted by atomic mass is 9.68. The van der Waals surface area contributed by atoms with Crippen LogP contribution in [0.4, 0.5) is 0 Å². The average Bonchev–Trinajstić information content (AvgIpc) is 2.89. The van der Waals surface area contributed by atoms with Crippen molar-refractivity contribution in [2.75, 3.05) is 0 Å². The van der Waals surface area contributed by atoms with Gasteiger partial charge in [-0.25, -0.2) is 0 Å². The molecule has 0 aromatic carbocycles. The number of rotatable bonds is 1. The van der Waals surface area contributed by atoms with E-state index in [1.165, 1.54) is 11.1 Å². The summed E-state index contributed by atoms with van der Waals surface area (Å²) in [5, 5.41) is 11.4. The number of Topliss-reactive ketones (excluding diaryl/α,β-unsaturated/α-hetero) is 1. The van der Waals surface area contributed by atoms with Crippen molar-refractivity contribution >= 4 is 5.78 Å². The topological polar surface area (TPSA) is 37.3 Å². The Hall–Kier alpha value is -0.890. The molecule has 4 atom stereocenters. The normalized spacial score (nSPS) is 47.8. The number of ketones is 1. The SMILES string of the molecule is C/C1=C/CC/C(C)=C2/C[C@@]3(C)CC[C@@](O)(C(C)C)[C@@H]3C2C1=O. The van der Waals surface area contributed by atoms with Crippen molar-refractivity contribution in [1.82, 2.24) is 0 Å². The smallest absolute Gasteiger partial charge is 0.165 e. The molecular weight excluding hydrogens is 272 g/mol. The molecule has 2 fully saturated rings. The molecule has 0 aromatic rings. The summed E-state index contributed by atoms with van der Waals surface area (Å²) in [6.45, 7) is 10.7. The van der Waals surface area contributed by atoms with E-state index >= 15 is 0 Å². The van der Waals surface area contributed by atoms with Gasteiger partial charge in [0.25, 0.3) is 0 Å². The fourth-order valence-corrected chi connectivity index (χ4v) is 5.42. The van der Waals surface area contributed by atoms with Gasteiger partial charge in [0, 0.05) is 11.8 Å². The van der Waals surface area contributed by atoms with Gasteiger partial charge in [0.2, 0.25) is 0 Å². The Morgan fingerprint density at radius 3 is 2.59 bits per heavy atom. The molecule has 1 N–H and O–H groups in total. The fourth-order valence-electron chi connectivity index (χ4n) is 5.42. The zero-order valence-electron chi connectivity index (χ0n) is 14.7. The molecule has 0 radical (unpaired) electrons. The minimum atomic E-state index is -0.698. The molecule has 3 aliphatic rings. The van der Waals surface area contributed by atoms with Crippen molar-refractivity contribution < 1.29 is 9.90 Å². The highest BCUT2D eigenvalue weighted by Crippen LogP contribution is 2.65. The first-order valence-corrected chi connectivity index (χ1v) is 8.82. The lowest BCUT2D eigenvalue weighted by Crippen LogP contribution is -2.46. The number of fused-ring (bicyclic) bond motifs is 3.